The van der Waals surface area contributed by atoms with Gasteiger partial charge in [-0.1, -0.05) is 186 Å². The molecule has 0 aromatic heterocycles. The second-order valence-corrected chi connectivity index (χ2v) is 13.5. The average molecular weight is 636 g/mol. The summed E-state index contributed by atoms with van der Waals surface area (Å²) < 4.78 is 0. The van der Waals surface area contributed by atoms with Crippen LogP contribution in [0.3, 0.4) is 0 Å². The third-order valence-electron chi connectivity index (χ3n) is 8.99. The minimum absolute atomic E-state index is 0.00922. The molecule has 0 spiro atoms. The van der Waals surface area contributed by atoms with Crippen LogP contribution in [-0.2, 0) is 4.79 Å². The molecular weight excluding hydrogens is 558 g/mol. The molecule has 3 unspecified atom stereocenters. The molecule has 45 heavy (non-hydrogen) atoms. The van der Waals surface area contributed by atoms with Crippen molar-refractivity contribution in [3.8, 4) is 0 Å². The lowest BCUT2D eigenvalue weighted by atomic mass is 10.0. The Morgan fingerprint density at radius 3 is 1.42 bits per heavy atom. The van der Waals surface area contributed by atoms with Gasteiger partial charge in [-0.15, -0.1) is 0 Å². The van der Waals surface area contributed by atoms with E-state index in [-0.39, 0.29) is 18.9 Å². The summed E-state index contributed by atoms with van der Waals surface area (Å²) in [4.78, 5) is 12.4. The summed E-state index contributed by atoms with van der Waals surface area (Å²) in [5.74, 6) is -0.325. The van der Waals surface area contributed by atoms with Gasteiger partial charge in [-0.3, -0.25) is 4.79 Å². The minimum Gasteiger partial charge on any atom is -0.394 e. The lowest BCUT2D eigenvalue weighted by molar-refractivity contribution is -0.124. The van der Waals surface area contributed by atoms with Crippen LogP contribution in [0.2, 0.25) is 0 Å². The van der Waals surface area contributed by atoms with Crippen LogP contribution in [0, 0.1) is 0 Å². The zero-order chi connectivity index (χ0) is 33.1. The number of unbranched alkanes of at least 4 members (excludes halogenated alkanes) is 24. The van der Waals surface area contributed by atoms with Gasteiger partial charge in [0.1, 0.15) is 0 Å². The summed E-state index contributed by atoms with van der Waals surface area (Å²) in [5.41, 5.74) is 0. The Balaban J connectivity index is 3.74. The number of nitrogens with one attached hydrogen (secondary N) is 1. The van der Waals surface area contributed by atoms with Crippen molar-refractivity contribution in [1.82, 2.24) is 5.32 Å². The molecule has 1 amide bonds. The van der Waals surface area contributed by atoms with E-state index >= 15 is 0 Å². The van der Waals surface area contributed by atoms with E-state index in [0.29, 0.717) is 6.42 Å². The number of allylic oxidation sites excluding steroid dienone is 3. The summed E-state index contributed by atoms with van der Waals surface area (Å²) in [6.45, 7) is 4.19. The van der Waals surface area contributed by atoms with Crippen LogP contribution >= 0.6 is 0 Å². The van der Waals surface area contributed by atoms with Crippen molar-refractivity contribution < 1.29 is 20.1 Å². The highest BCUT2D eigenvalue weighted by atomic mass is 16.3. The number of rotatable bonds is 35. The second kappa shape index (κ2) is 35.7. The zero-order valence-electron chi connectivity index (χ0n) is 30.0. The maximum Gasteiger partial charge on any atom is 0.222 e. The first kappa shape index (κ1) is 43.8. The normalized spacial score (nSPS) is 14.0. The molecule has 4 N–H and O–H groups in total. The number of carbonyl (C=O) groups excluding carboxylic acids is 1. The lowest BCUT2D eigenvalue weighted by Crippen LogP contribution is -2.45. The molecule has 0 aliphatic heterocycles. The first-order valence-electron chi connectivity index (χ1n) is 19.6. The van der Waals surface area contributed by atoms with Gasteiger partial charge in [0.15, 0.2) is 0 Å². The maximum atomic E-state index is 12.4. The van der Waals surface area contributed by atoms with Crippen LogP contribution in [0.4, 0.5) is 0 Å². The van der Waals surface area contributed by atoms with E-state index in [9.17, 15) is 20.1 Å². The summed E-state index contributed by atoms with van der Waals surface area (Å²) >= 11 is 0. The molecule has 0 fully saturated rings. The third-order valence-corrected chi connectivity index (χ3v) is 8.99. The topological polar surface area (TPSA) is 89.8 Å². The molecule has 0 rings (SSSR count). The third kappa shape index (κ3) is 32.6. The molecule has 0 saturated carbocycles. The van der Waals surface area contributed by atoms with Gasteiger partial charge in [0.25, 0.3) is 0 Å². The zero-order valence-corrected chi connectivity index (χ0v) is 30.0. The van der Waals surface area contributed by atoms with E-state index in [2.05, 4.69) is 31.3 Å². The van der Waals surface area contributed by atoms with E-state index < -0.39 is 18.2 Å². The summed E-state index contributed by atoms with van der Waals surface area (Å²) in [7, 11) is 0. The van der Waals surface area contributed by atoms with Crippen molar-refractivity contribution in [1.29, 1.82) is 0 Å². The summed E-state index contributed by atoms with van der Waals surface area (Å²) in [5, 5.41) is 33.1. The van der Waals surface area contributed by atoms with E-state index in [4.69, 9.17) is 0 Å². The van der Waals surface area contributed by atoms with Crippen molar-refractivity contribution in [2.24, 2.45) is 0 Å². The number of aliphatic hydroxyl groups is 3. The predicted molar refractivity (Wildman–Crippen MR) is 195 cm³/mol. The Morgan fingerprint density at radius 1 is 0.556 bits per heavy atom. The smallest absolute Gasteiger partial charge is 0.222 e. The van der Waals surface area contributed by atoms with Crippen LogP contribution < -0.4 is 5.32 Å². The molecule has 0 aromatic carbocycles. The standard InChI is InChI=1S/C40H77NO4/c1-3-5-7-9-11-13-15-17-19-21-23-25-27-29-31-33-37(43)35-40(45)41-38(36-42)39(44)34-32-30-28-26-24-22-20-18-16-14-12-10-8-6-4-2/h24,26,32,34,37-39,42-44H,3-23,25,27-31,33,35-36H2,1-2H3,(H,41,45)/b26-24+,34-32+. The Bertz CT molecular complexity index is 665. The molecular formula is C40H77NO4. The van der Waals surface area contributed by atoms with Gasteiger partial charge in [-0.25, -0.2) is 0 Å². The largest absolute Gasteiger partial charge is 0.394 e. The SMILES string of the molecule is CCCCCCCCCCC/C=C/CC/C=C/C(O)C(CO)NC(=O)CC(O)CCCCCCCCCCCCCCCCC. The molecule has 0 radical (unpaired) electrons. The Labute approximate surface area is 280 Å². The number of carbonyl (C=O) groups is 1. The van der Waals surface area contributed by atoms with Crippen molar-refractivity contribution in [2.75, 3.05) is 6.61 Å². The summed E-state index contributed by atoms with van der Waals surface area (Å²) in [6, 6.07) is -0.756. The highest BCUT2D eigenvalue weighted by Crippen LogP contribution is 2.15. The van der Waals surface area contributed by atoms with E-state index in [1.54, 1.807) is 6.08 Å². The molecule has 0 aliphatic rings. The van der Waals surface area contributed by atoms with E-state index in [1.165, 1.54) is 141 Å². The van der Waals surface area contributed by atoms with Crippen molar-refractivity contribution >= 4 is 5.91 Å². The first-order chi connectivity index (χ1) is 22.0. The fourth-order valence-corrected chi connectivity index (χ4v) is 5.94. The van der Waals surface area contributed by atoms with Crippen molar-refractivity contribution in [2.45, 2.75) is 218 Å². The molecule has 266 valence electrons. The van der Waals surface area contributed by atoms with Gasteiger partial charge in [-0.05, 0) is 32.1 Å². The number of hydrogen-bond donors (Lipinski definition) is 4. The van der Waals surface area contributed by atoms with Gasteiger partial charge in [0, 0.05) is 0 Å². The number of aliphatic hydroxyl groups excluding tert-OH is 3. The lowest BCUT2D eigenvalue weighted by Gasteiger charge is -2.21. The number of amides is 1. The van der Waals surface area contributed by atoms with Crippen LogP contribution in [0.25, 0.3) is 0 Å². The van der Waals surface area contributed by atoms with Crippen LogP contribution in [-0.4, -0.2) is 46.1 Å². The van der Waals surface area contributed by atoms with E-state index in [1.807, 2.05) is 6.08 Å². The van der Waals surface area contributed by atoms with Crippen LogP contribution in [0.1, 0.15) is 200 Å². The van der Waals surface area contributed by atoms with Gasteiger partial charge in [-0.2, -0.15) is 0 Å². The predicted octanol–water partition coefficient (Wildman–Crippen LogP) is 10.7. The monoisotopic (exact) mass is 636 g/mol. The Morgan fingerprint density at radius 2 is 0.956 bits per heavy atom. The fraction of sp³-hybridized carbons (Fsp3) is 0.875. The van der Waals surface area contributed by atoms with Crippen molar-refractivity contribution in [3.63, 3.8) is 0 Å². The molecule has 0 heterocycles. The maximum absolute atomic E-state index is 12.4. The van der Waals surface area contributed by atoms with Gasteiger partial charge in [0.2, 0.25) is 5.91 Å². The van der Waals surface area contributed by atoms with E-state index in [0.717, 1.165) is 32.1 Å². The molecule has 5 nitrogen and oxygen atoms in total. The van der Waals surface area contributed by atoms with Crippen LogP contribution in [0.5, 0.6) is 0 Å². The average Bonchev–Trinajstić information content (AvgIpc) is 3.03. The van der Waals surface area contributed by atoms with Gasteiger partial charge < -0.3 is 20.6 Å². The molecule has 3 atom stereocenters. The minimum atomic E-state index is -0.947. The molecule has 5 heteroatoms. The second-order valence-electron chi connectivity index (χ2n) is 13.5. The quantitative estimate of drug-likeness (QED) is 0.0412. The van der Waals surface area contributed by atoms with Gasteiger partial charge in [0.05, 0.1) is 31.3 Å². The highest BCUT2D eigenvalue weighted by Gasteiger charge is 2.20. The molecule has 0 aliphatic carbocycles. The molecule has 0 saturated heterocycles. The Hall–Kier alpha value is -1.17. The first-order valence-corrected chi connectivity index (χ1v) is 19.6. The summed E-state index contributed by atoms with van der Waals surface area (Å²) in [6.07, 6.45) is 41.6. The Kier molecular flexibility index (Phi) is 34.8. The van der Waals surface area contributed by atoms with Crippen LogP contribution in [0.15, 0.2) is 24.3 Å². The highest BCUT2D eigenvalue weighted by molar-refractivity contribution is 5.76. The molecule has 0 bridgehead atoms. The van der Waals surface area contributed by atoms with Gasteiger partial charge >= 0.3 is 0 Å². The fourth-order valence-electron chi connectivity index (χ4n) is 5.94. The molecule has 0 aromatic rings. The number of hydrogen-bond acceptors (Lipinski definition) is 4. The van der Waals surface area contributed by atoms with Crippen molar-refractivity contribution in [3.05, 3.63) is 24.3 Å².